The van der Waals surface area contributed by atoms with Gasteiger partial charge in [-0.3, -0.25) is 4.79 Å². The molecule has 0 spiro atoms. The number of carbonyl (C=O) groups excluding carboxylic acids is 1. The molecular formula is C19H17ClN4O. The summed E-state index contributed by atoms with van der Waals surface area (Å²) < 4.78 is 0. The van der Waals surface area contributed by atoms with E-state index in [-0.39, 0.29) is 11.6 Å². The lowest BCUT2D eigenvalue weighted by atomic mass is 10.1. The van der Waals surface area contributed by atoms with Gasteiger partial charge in [0.25, 0.3) is 5.91 Å². The number of rotatable bonds is 5. The number of hydrogen-bond donors (Lipinski definition) is 2. The molecule has 25 heavy (non-hydrogen) atoms. The lowest BCUT2D eigenvalue weighted by Gasteiger charge is -2.07. The first-order valence-corrected chi connectivity index (χ1v) is 8.18. The van der Waals surface area contributed by atoms with E-state index in [0.717, 1.165) is 5.56 Å². The number of carbonyl (C=O) groups is 1. The number of aryl methyl sites for hydroxylation is 1. The van der Waals surface area contributed by atoms with E-state index in [0.29, 0.717) is 23.1 Å². The summed E-state index contributed by atoms with van der Waals surface area (Å²) in [4.78, 5) is 12.2. The summed E-state index contributed by atoms with van der Waals surface area (Å²) in [6.07, 6.45) is 0. The Morgan fingerprint density at radius 2 is 1.84 bits per heavy atom. The van der Waals surface area contributed by atoms with E-state index in [2.05, 4.69) is 39.9 Å². The van der Waals surface area contributed by atoms with Gasteiger partial charge >= 0.3 is 0 Å². The van der Waals surface area contributed by atoms with E-state index in [1.807, 2.05) is 12.1 Å². The normalized spacial score (nSPS) is 10.3. The highest BCUT2D eigenvalue weighted by Crippen LogP contribution is 2.14. The number of benzene rings is 2. The lowest BCUT2D eigenvalue weighted by Crippen LogP contribution is -2.14. The summed E-state index contributed by atoms with van der Waals surface area (Å²) in [6, 6.07) is 18.5. The Morgan fingerprint density at radius 3 is 2.52 bits per heavy atom. The van der Waals surface area contributed by atoms with Crippen molar-refractivity contribution in [1.29, 1.82) is 0 Å². The average molecular weight is 353 g/mol. The van der Waals surface area contributed by atoms with E-state index in [1.165, 1.54) is 5.56 Å². The van der Waals surface area contributed by atoms with Crippen LogP contribution >= 0.6 is 11.6 Å². The number of nitrogens with zero attached hydrogens (tertiary/aromatic N) is 2. The van der Waals surface area contributed by atoms with Gasteiger partial charge in [-0.05, 0) is 48.9 Å². The molecule has 0 unspecified atom stereocenters. The SMILES string of the molecule is Cc1cccc(CNc2ccc(C(=O)Nc3ccc(Cl)cc3)nn2)c1. The van der Waals surface area contributed by atoms with E-state index in [4.69, 9.17) is 11.6 Å². The van der Waals surface area contributed by atoms with E-state index >= 15 is 0 Å². The van der Waals surface area contributed by atoms with Crippen molar-refractivity contribution in [3.8, 4) is 0 Å². The largest absolute Gasteiger partial charge is 0.365 e. The van der Waals surface area contributed by atoms with Gasteiger partial charge in [-0.15, -0.1) is 10.2 Å². The minimum Gasteiger partial charge on any atom is -0.365 e. The molecular weight excluding hydrogens is 336 g/mol. The van der Waals surface area contributed by atoms with Crippen molar-refractivity contribution in [3.05, 3.63) is 82.5 Å². The highest BCUT2D eigenvalue weighted by atomic mass is 35.5. The summed E-state index contributed by atoms with van der Waals surface area (Å²) in [7, 11) is 0. The van der Waals surface area contributed by atoms with Crippen LogP contribution < -0.4 is 10.6 Å². The molecule has 1 aromatic heterocycles. The number of hydrogen-bond acceptors (Lipinski definition) is 4. The first-order valence-electron chi connectivity index (χ1n) is 7.80. The highest BCUT2D eigenvalue weighted by Gasteiger charge is 2.08. The Bertz CT molecular complexity index is 863. The van der Waals surface area contributed by atoms with Gasteiger partial charge in [-0.1, -0.05) is 41.4 Å². The molecule has 0 saturated carbocycles. The van der Waals surface area contributed by atoms with Gasteiger partial charge in [-0.2, -0.15) is 0 Å². The Kier molecular flexibility index (Phi) is 5.26. The van der Waals surface area contributed by atoms with Gasteiger partial charge in [0.1, 0.15) is 5.82 Å². The molecule has 0 radical (unpaired) electrons. The first-order chi connectivity index (χ1) is 12.1. The molecule has 0 fully saturated rings. The maximum atomic E-state index is 12.2. The van der Waals surface area contributed by atoms with Crippen molar-refractivity contribution >= 4 is 29.0 Å². The molecule has 2 aromatic carbocycles. The molecule has 3 rings (SSSR count). The fourth-order valence-electron chi connectivity index (χ4n) is 2.29. The third-order valence-corrected chi connectivity index (χ3v) is 3.81. The lowest BCUT2D eigenvalue weighted by molar-refractivity contribution is 0.102. The zero-order valence-corrected chi connectivity index (χ0v) is 14.4. The van der Waals surface area contributed by atoms with Crippen LogP contribution in [0.5, 0.6) is 0 Å². The maximum absolute atomic E-state index is 12.2. The van der Waals surface area contributed by atoms with Crippen LogP contribution in [0.2, 0.25) is 5.02 Å². The standard InChI is InChI=1S/C19H17ClN4O/c1-13-3-2-4-14(11-13)12-21-18-10-9-17(23-24-18)19(25)22-16-7-5-15(20)6-8-16/h2-11H,12H2,1H3,(H,21,24)(H,22,25). The predicted molar refractivity (Wildman–Crippen MR) is 99.9 cm³/mol. The van der Waals surface area contributed by atoms with Gasteiger partial charge in [0.05, 0.1) is 0 Å². The number of aromatic nitrogens is 2. The Hall–Kier alpha value is -2.92. The molecule has 0 atom stereocenters. The minimum absolute atomic E-state index is 0.246. The molecule has 0 aliphatic carbocycles. The van der Waals surface area contributed by atoms with Gasteiger partial charge < -0.3 is 10.6 Å². The smallest absolute Gasteiger partial charge is 0.276 e. The van der Waals surface area contributed by atoms with Crippen molar-refractivity contribution in [2.24, 2.45) is 0 Å². The van der Waals surface area contributed by atoms with Gasteiger partial charge in [0.2, 0.25) is 0 Å². The van der Waals surface area contributed by atoms with Gasteiger partial charge in [0, 0.05) is 17.3 Å². The molecule has 0 saturated heterocycles. The number of nitrogens with one attached hydrogen (secondary N) is 2. The van der Waals surface area contributed by atoms with Crippen LogP contribution in [0.4, 0.5) is 11.5 Å². The summed E-state index contributed by atoms with van der Waals surface area (Å²) in [5.74, 6) is 0.296. The van der Waals surface area contributed by atoms with Crippen LogP contribution in [0.1, 0.15) is 21.6 Å². The maximum Gasteiger partial charge on any atom is 0.276 e. The summed E-state index contributed by atoms with van der Waals surface area (Å²) in [5.41, 5.74) is 3.26. The minimum atomic E-state index is -0.319. The van der Waals surface area contributed by atoms with Crippen LogP contribution in [0.15, 0.2) is 60.7 Å². The Balaban J connectivity index is 1.59. The molecule has 5 nitrogen and oxygen atoms in total. The topological polar surface area (TPSA) is 66.9 Å². The second-order valence-corrected chi connectivity index (χ2v) is 6.04. The van der Waals surface area contributed by atoms with Gasteiger partial charge in [-0.25, -0.2) is 0 Å². The molecule has 0 bridgehead atoms. The van der Waals surface area contributed by atoms with Gasteiger partial charge in [0.15, 0.2) is 5.69 Å². The fourth-order valence-corrected chi connectivity index (χ4v) is 2.42. The molecule has 6 heteroatoms. The summed E-state index contributed by atoms with van der Waals surface area (Å²) in [5, 5.41) is 14.6. The molecule has 0 aliphatic rings. The van der Waals surface area contributed by atoms with E-state index in [9.17, 15) is 4.79 Å². The first kappa shape index (κ1) is 16.9. The molecule has 3 aromatic rings. The predicted octanol–water partition coefficient (Wildman–Crippen LogP) is 4.30. The van der Waals surface area contributed by atoms with Crippen molar-refractivity contribution in [2.75, 3.05) is 10.6 Å². The number of amides is 1. The van der Waals surface area contributed by atoms with E-state index < -0.39 is 0 Å². The third-order valence-electron chi connectivity index (χ3n) is 3.56. The van der Waals surface area contributed by atoms with Crippen LogP contribution in [0, 0.1) is 6.92 Å². The van der Waals surface area contributed by atoms with Crippen LogP contribution in [-0.2, 0) is 6.54 Å². The van der Waals surface area contributed by atoms with Crippen molar-refractivity contribution in [3.63, 3.8) is 0 Å². The monoisotopic (exact) mass is 352 g/mol. The second-order valence-electron chi connectivity index (χ2n) is 5.61. The molecule has 126 valence electrons. The quantitative estimate of drug-likeness (QED) is 0.718. The zero-order chi connectivity index (χ0) is 17.6. The molecule has 1 heterocycles. The van der Waals surface area contributed by atoms with Crippen molar-refractivity contribution in [1.82, 2.24) is 10.2 Å². The van der Waals surface area contributed by atoms with Crippen LogP contribution in [-0.4, -0.2) is 16.1 Å². The van der Waals surface area contributed by atoms with E-state index in [1.54, 1.807) is 36.4 Å². The number of anilines is 2. The molecule has 2 N–H and O–H groups in total. The second kappa shape index (κ2) is 7.77. The van der Waals surface area contributed by atoms with Crippen molar-refractivity contribution < 1.29 is 4.79 Å². The fraction of sp³-hybridized carbons (Fsp3) is 0.105. The van der Waals surface area contributed by atoms with Crippen LogP contribution in [0.3, 0.4) is 0 Å². The average Bonchev–Trinajstić information content (AvgIpc) is 2.62. The summed E-state index contributed by atoms with van der Waals surface area (Å²) >= 11 is 5.82. The molecule has 0 aliphatic heterocycles. The molecule has 1 amide bonds. The zero-order valence-electron chi connectivity index (χ0n) is 13.7. The Morgan fingerprint density at radius 1 is 1.04 bits per heavy atom. The number of halogens is 1. The highest BCUT2D eigenvalue weighted by molar-refractivity contribution is 6.30. The Labute approximate surface area is 151 Å². The van der Waals surface area contributed by atoms with Crippen LogP contribution in [0.25, 0.3) is 0 Å². The third kappa shape index (κ3) is 4.78. The summed E-state index contributed by atoms with van der Waals surface area (Å²) in [6.45, 7) is 2.70. The van der Waals surface area contributed by atoms with Crippen molar-refractivity contribution in [2.45, 2.75) is 13.5 Å².